The van der Waals surface area contributed by atoms with E-state index in [2.05, 4.69) is 33.7 Å². The zero-order valence-electron chi connectivity index (χ0n) is 14.7. The van der Waals surface area contributed by atoms with Crippen molar-refractivity contribution in [1.82, 2.24) is 29.5 Å². The Morgan fingerprint density at radius 1 is 1.33 bits per heavy atom. The molecule has 1 saturated heterocycles. The van der Waals surface area contributed by atoms with Gasteiger partial charge >= 0.3 is 0 Å². The number of carbonyl (C=O) groups excluding carboxylic acids is 1. The van der Waals surface area contributed by atoms with Crippen LogP contribution in [0.2, 0.25) is 0 Å². The third-order valence-corrected chi connectivity index (χ3v) is 4.59. The van der Waals surface area contributed by atoms with Crippen molar-refractivity contribution in [2.24, 2.45) is 0 Å². The molecule has 1 N–H and O–H groups in total. The fourth-order valence-corrected chi connectivity index (χ4v) is 3.09. The van der Waals surface area contributed by atoms with Crippen molar-refractivity contribution in [3.8, 4) is 0 Å². The summed E-state index contributed by atoms with van der Waals surface area (Å²) in [6.07, 6.45) is 2.80. The number of hydrogen-bond acceptors (Lipinski definition) is 5. The quantitative estimate of drug-likeness (QED) is 0.559. The normalized spacial score (nSPS) is 16.2. The molecule has 7 nitrogen and oxygen atoms in total. The molecule has 8 heteroatoms. The fraction of sp³-hybridized carbons (Fsp3) is 0.688. The zero-order valence-corrected chi connectivity index (χ0v) is 15.5. The van der Waals surface area contributed by atoms with Gasteiger partial charge in [0.25, 0.3) is 0 Å². The molecule has 0 aromatic carbocycles. The van der Waals surface area contributed by atoms with Crippen molar-refractivity contribution < 1.29 is 4.79 Å². The van der Waals surface area contributed by atoms with Gasteiger partial charge in [-0.1, -0.05) is 13.0 Å². The van der Waals surface area contributed by atoms with Crippen LogP contribution in [-0.2, 0) is 18.0 Å². The van der Waals surface area contributed by atoms with Crippen LogP contribution in [0.5, 0.6) is 0 Å². The first-order valence-electron chi connectivity index (χ1n) is 8.51. The first kappa shape index (κ1) is 18.8. The minimum atomic E-state index is 0.117. The molecular weight excluding hydrogens is 324 g/mol. The number of carbonyl (C=O) groups is 1. The number of hydrogen-bond donors (Lipinski definition) is 1. The van der Waals surface area contributed by atoms with Gasteiger partial charge in [0.2, 0.25) is 5.91 Å². The number of rotatable bonds is 8. The lowest BCUT2D eigenvalue weighted by Gasteiger charge is -2.33. The average molecular weight is 353 g/mol. The summed E-state index contributed by atoms with van der Waals surface area (Å²) < 4.78 is 4.59. The van der Waals surface area contributed by atoms with Crippen molar-refractivity contribution >= 4 is 18.1 Å². The lowest BCUT2D eigenvalue weighted by atomic mass is 10.3. The fourth-order valence-electron chi connectivity index (χ4n) is 2.78. The Morgan fingerprint density at radius 2 is 2.00 bits per heavy atom. The second kappa shape index (κ2) is 9.10. The standard InChI is InChI=1S/C16H28N6OS/c1-4-6-17-15(23)12-19-8-10-20(11-9-19)13-22-16(24)21(7-5-2)14(3)18-22/h5H,2,4,6-13H2,1,3H3,(H,17,23). The second-order valence-electron chi connectivity index (χ2n) is 6.11. The van der Waals surface area contributed by atoms with E-state index in [9.17, 15) is 4.79 Å². The molecule has 24 heavy (non-hydrogen) atoms. The number of aromatic nitrogens is 3. The van der Waals surface area contributed by atoms with Crippen LogP contribution in [0.15, 0.2) is 12.7 Å². The van der Waals surface area contributed by atoms with E-state index in [1.54, 1.807) is 0 Å². The molecule has 1 aromatic rings. The first-order chi connectivity index (χ1) is 11.5. The van der Waals surface area contributed by atoms with Crippen LogP contribution >= 0.6 is 12.2 Å². The molecule has 1 amide bonds. The minimum Gasteiger partial charge on any atom is -0.355 e. The number of allylic oxidation sites excluding steroid dienone is 1. The van der Waals surface area contributed by atoms with Crippen LogP contribution in [0.1, 0.15) is 19.2 Å². The summed E-state index contributed by atoms with van der Waals surface area (Å²) in [5.74, 6) is 1.03. The Bertz CT molecular complexity index is 615. The third kappa shape index (κ3) is 4.99. The zero-order chi connectivity index (χ0) is 17.5. The lowest BCUT2D eigenvalue weighted by Crippen LogP contribution is -2.49. The maximum atomic E-state index is 11.8. The maximum absolute atomic E-state index is 11.8. The van der Waals surface area contributed by atoms with Crippen molar-refractivity contribution in [1.29, 1.82) is 0 Å². The summed E-state index contributed by atoms with van der Waals surface area (Å²) in [4.78, 5) is 16.3. The summed E-state index contributed by atoms with van der Waals surface area (Å²) in [6, 6.07) is 0. The van der Waals surface area contributed by atoms with E-state index in [0.29, 0.717) is 19.8 Å². The number of aryl methyl sites for hydroxylation is 1. The number of piperazine rings is 1. The van der Waals surface area contributed by atoms with Gasteiger partial charge in [-0.05, 0) is 25.6 Å². The van der Waals surface area contributed by atoms with Gasteiger partial charge in [0.05, 0.1) is 13.2 Å². The highest BCUT2D eigenvalue weighted by Gasteiger charge is 2.19. The number of nitrogens with one attached hydrogen (secondary N) is 1. The highest BCUT2D eigenvalue weighted by Crippen LogP contribution is 2.06. The molecule has 134 valence electrons. The first-order valence-corrected chi connectivity index (χ1v) is 8.92. The van der Waals surface area contributed by atoms with Crippen molar-refractivity contribution in [2.75, 3.05) is 39.3 Å². The van der Waals surface area contributed by atoms with Gasteiger partial charge in [-0.25, -0.2) is 4.68 Å². The molecule has 0 saturated carbocycles. The third-order valence-electron chi connectivity index (χ3n) is 4.16. The largest absolute Gasteiger partial charge is 0.355 e. The van der Waals surface area contributed by atoms with Crippen LogP contribution in [0.25, 0.3) is 0 Å². The minimum absolute atomic E-state index is 0.117. The number of nitrogens with zero attached hydrogens (tertiary/aromatic N) is 5. The molecule has 1 fully saturated rings. The SMILES string of the molecule is C=CCn1c(C)nn(CN2CCN(CC(=O)NCCC)CC2)c1=S. The molecule has 2 heterocycles. The Balaban J connectivity index is 1.83. The Morgan fingerprint density at radius 3 is 2.62 bits per heavy atom. The topological polar surface area (TPSA) is 58.3 Å². The van der Waals surface area contributed by atoms with Gasteiger partial charge in [0.1, 0.15) is 5.82 Å². The Hall–Kier alpha value is -1.51. The predicted molar refractivity (Wildman–Crippen MR) is 97.3 cm³/mol. The van der Waals surface area contributed by atoms with Crippen molar-refractivity contribution in [3.63, 3.8) is 0 Å². The van der Waals surface area contributed by atoms with E-state index >= 15 is 0 Å². The molecule has 0 radical (unpaired) electrons. The molecule has 1 aromatic heterocycles. The molecular formula is C16H28N6OS. The molecule has 0 atom stereocenters. The second-order valence-corrected chi connectivity index (χ2v) is 6.48. The maximum Gasteiger partial charge on any atom is 0.234 e. The van der Waals surface area contributed by atoms with Crippen LogP contribution in [0.4, 0.5) is 0 Å². The highest BCUT2D eigenvalue weighted by molar-refractivity contribution is 7.71. The van der Waals surface area contributed by atoms with Gasteiger partial charge in [-0.2, -0.15) is 5.10 Å². The van der Waals surface area contributed by atoms with E-state index in [4.69, 9.17) is 12.2 Å². The molecule has 0 bridgehead atoms. The van der Waals surface area contributed by atoms with E-state index in [1.807, 2.05) is 22.2 Å². The Kier molecular flexibility index (Phi) is 7.14. The van der Waals surface area contributed by atoms with Gasteiger partial charge in [0, 0.05) is 39.3 Å². The lowest BCUT2D eigenvalue weighted by molar-refractivity contribution is -0.122. The van der Waals surface area contributed by atoms with Gasteiger partial charge in [-0.15, -0.1) is 6.58 Å². The molecule has 0 unspecified atom stereocenters. The molecule has 1 aliphatic heterocycles. The molecule has 0 aliphatic carbocycles. The van der Waals surface area contributed by atoms with E-state index in [1.165, 1.54) is 0 Å². The van der Waals surface area contributed by atoms with E-state index < -0.39 is 0 Å². The molecule has 2 rings (SSSR count). The number of amides is 1. The average Bonchev–Trinajstić information content (AvgIpc) is 2.82. The van der Waals surface area contributed by atoms with Crippen LogP contribution in [0, 0.1) is 11.7 Å². The molecule has 1 aliphatic rings. The summed E-state index contributed by atoms with van der Waals surface area (Å²) in [5.41, 5.74) is 0. The smallest absolute Gasteiger partial charge is 0.234 e. The van der Waals surface area contributed by atoms with Crippen LogP contribution in [0.3, 0.4) is 0 Å². The summed E-state index contributed by atoms with van der Waals surface area (Å²) in [7, 11) is 0. The Labute approximate surface area is 148 Å². The van der Waals surface area contributed by atoms with Crippen LogP contribution in [-0.4, -0.2) is 69.3 Å². The van der Waals surface area contributed by atoms with Crippen LogP contribution < -0.4 is 5.32 Å². The van der Waals surface area contributed by atoms with Crippen molar-refractivity contribution in [3.05, 3.63) is 23.3 Å². The summed E-state index contributed by atoms with van der Waals surface area (Å²) >= 11 is 5.49. The summed E-state index contributed by atoms with van der Waals surface area (Å²) in [6.45, 7) is 14.0. The summed E-state index contributed by atoms with van der Waals surface area (Å²) in [5, 5.41) is 7.46. The highest BCUT2D eigenvalue weighted by atomic mass is 32.1. The van der Waals surface area contributed by atoms with E-state index in [-0.39, 0.29) is 5.91 Å². The van der Waals surface area contributed by atoms with E-state index in [0.717, 1.165) is 49.7 Å². The monoisotopic (exact) mass is 352 g/mol. The van der Waals surface area contributed by atoms with Gasteiger partial charge in [0.15, 0.2) is 4.77 Å². The van der Waals surface area contributed by atoms with Crippen molar-refractivity contribution in [2.45, 2.75) is 33.5 Å². The predicted octanol–water partition coefficient (Wildman–Crippen LogP) is 1.01. The van der Waals surface area contributed by atoms with Gasteiger partial charge in [-0.3, -0.25) is 14.6 Å². The van der Waals surface area contributed by atoms with Gasteiger partial charge < -0.3 is 9.88 Å². The molecule has 0 spiro atoms.